The first-order chi connectivity index (χ1) is 3.80. The van der Waals surface area contributed by atoms with Crippen molar-refractivity contribution in [3.8, 4) is 0 Å². The second-order valence-corrected chi connectivity index (χ2v) is 1.28. The van der Waals surface area contributed by atoms with Gasteiger partial charge in [-0.1, -0.05) is 5.11 Å². The lowest BCUT2D eigenvalue weighted by Crippen LogP contribution is -2.29. The molecule has 1 N–H and O–H groups in total. The lowest BCUT2D eigenvalue weighted by atomic mass is 10.9. The van der Waals surface area contributed by atoms with Gasteiger partial charge in [0.2, 0.25) is 0 Å². The number of azo groups is 1. The van der Waals surface area contributed by atoms with Gasteiger partial charge in [0.1, 0.15) is 6.67 Å². The second kappa shape index (κ2) is 1.83. The number of nitro groups is 1. The van der Waals surface area contributed by atoms with Crippen LogP contribution in [0.3, 0.4) is 0 Å². The number of nitrogens with one attached hydrogen (secondary N) is 1. The lowest BCUT2D eigenvalue weighted by molar-refractivity contribution is -0.525. The molecule has 6 nitrogen and oxygen atoms in total. The van der Waals surface area contributed by atoms with E-state index in [1.54, 1.807) is 0 Å². The van der Waals surface area contributed by atoms with Gasteiger partial charge in [-0.05, 0) is 0 Å². The van der Waals surface area contributed by atoms with Crippen molar-refractivity contribution in [2.75, 3.05) is 6.67 Å². The predicted molar refractivity (Wildman–Crippen MR) is 23.6 cm³/mol. The standard InChI is InChI=1S/C2H4N4O2/c7-6(8)2-3-1-4-5-2/h2-3H,1H2. The molecule has 1 unspecified atom stereocenters. The van der Waals surface area contributed by atoms with E-state index in [9.17, 15) is 10.1 Å². The van der Waals surface area contributed by atoms with Gasteiger partial charge in [0.25, 0.3) is 0 Å². The molecule has 0 saturated carbocycles. The Balaban J connectivity index is 2.48. The fraction of sp³-hybridized carbons (Fsp3) is 1.00. The fourth-order valence-electron chi connectivity index (χ4n) is 0.398. The Morgan fingerprint density at radius 3 is 2.88 bits per heavy atom. The summed E-state index contributed by atoms with van der Waals surface area (Å²) in [5.74, 6) is 0. The van der Waals surface area contributed by atoms with Crippen molar-refractivity contribution in [1.29, 1.82) is 0 Å². The summed E-state index contributed by atoms with van der Waals surface area (Å²) in [4.78, 5) is 9.26. The topological polar surface area (TPSA) is 79.9 Å². The Morgan fingerprint density at radius 1 is 1.88 bits per heavy atom. The molecule has 0 aromatic rings. The molecule has 0 aromatic carbocycles. The minimum atomic E-state index is -1.00. The summed E-state index contributed by atoms with van der Waals surface area (Å²) >= 11 is 0. The predicted octanol–water partition coefficient (Wildman–Crippen LogP) is -0.440. The van der Waals surface area contributed by atoms with E-state index < -0.39 is 11.2 Å². The van der Waals surface area contributed by atoms with Crippen LogP contribution in [0.5, 0.6) is 0 Å². The summed E-state index contributed by atoms with van der Waals surface area (Å²) in [6.45, 7) is 0.256. The molecule has 1 heterocycles. The Hall–Kier alpha value is -1.04. The maximum atomic E-state index is 9.79. The van der Waals surface area contributed by atoms with E-state index in [1.807, 2.05) is 0 Å². The largest absolute Gasteiger partial charge is 0.380 e. The third-order valence-electron chi connectivity index (χ3n) is 0.735. The molecule has 0 fully saturated rings. The van der Waals surface area contributed by atoms with Crippen molar-refractivity contribution >= 4 is 0 Å². The van der Waals surface area contributed by atoms with Crippen LogP contribution in [0.1, 0.15) is 0 Å². The van der Waals surface area contributed by atoms with Crippen LogP contribution in [0.2, 0.25) is 0 Å². The van der Waals surface area contributed by atoms with E-state index in [2.05, 4.69) is 15.5 Å². The normalized spacial score (nSPS) is 26.2. The van der Waals surface area contributed by atoms with E-state index in [0.29, 0.717) is 0 Å². The molecule has 44 valence electrons. The Labute approximate surface area is 44.7 Å². The van der Waals surface area contributed by atoms with Crippen molar-refractivity contribution in [2.45, 2.75) is 6.29 Å². The molecule has 8 heavy (non-hydrogen) atoms. The van der Waals surface area contributed by atoms with Gasteiger partial charge in [-0.25, -0.2) is 5.32 Å². The highest BCUT2D eigenvalue weighted by Gasteiger charge is 2.20. The molecule has 6 heteroatoms. The smallest absolute Gasteiger partial charge is 0.261 e. The summed E-state index contributed by atoms with van der Waals surface area (Å²) in [5.41, 5.74) is 0. The molecular weight excluding hydrogens is 112 g/mol. The Kier molecular flexibility index (Phi) is 1.17. The SMILES string of the molecule is O=[N+]([O-])C1N=NCN1. The Bertz CT molecular complexity index is 132. The second-order valence-electron chi connectivity index (χ2n) is 1.28. The van der Waals surface area contributed by atoms with Crippen LogP contribution in [0.15, 0.2) is 10.2 Å². The summed E-state index contributed by atoms with van der Waals surface area (Å²) in [5, 5.41) is 18.8. The third-order valence-corrected chi connectivity index (χ3v) is 0.735. The van der Waals surface area contributed by atoms with Gasteiger partial charge in [0.15, 0.2) is 0 Å². The van der Waals surface area contributed by atoms with Crippen molar-refractivity contribution < 1.29 is 4.92 Å². The molecule has 1 atom stereocenters. The molecular formula is C2H4N4O2. The van der Waals surface area contributed by atoms with Gasteiger partial charge in [-0.3, -0.25) is 10.1 Å². The molecule has 0 amide bonds. The molecule has 0 spiro atoms. The number of rotatable bonds is 1. The molecule has 0 radical (unpaired) electrons. The van der Waals surface area contributed by atoms with Crippen molar-refractivity contribution in [3.63, 3.8) is 0 Å². The van der Waals surface area contributed by atoms with E-state index >= 15 is 0 Å². The fourth-order valence-corrected chi connectivity index (χ4v) is 0.398. The zero-order valence-corrected chi connectivity index (χ0v) is 3.94. The van der Waals surface area contributed by atoms with E-state index in [-0.39, 0.29) is 6.67 Å². The highest BCUT2D eigenvalue weighted by atomic mass is 16.6. The molecule has 0 aromatic heterocycles. The third kappa shape index (κ3) is 0.784. The summed E-state index contributed by atoms with van der Waals surface area (Å²) in [6.07, 6.45) is -1.00. The maximum absolute atomic E-state index is 9.79. The van der Waals surface area contributed by atoms with Gasteiger partial charge >= 0.3 is 6.29 Å². The Morgan fingerprint density at radius 2 is 2.62 bits per heavy atom. The monoisotopic (exact) mass is 116 g/mol. The number of hydrogen-bond donors (Lipinski definition) is 1. The van der Waals surface area contributed by atoms with E-state index in [1.165, 1.54) is 0 Å². The first kappa shape index (κ1) is 5.10. The summed E-state index contributed by atoms with van der Waals surface area (Å²) < 4.78 is 0. The molecule has 0 saturated heterocycles. The lowest BCUT2D eigenvalue weighted by Gasteiger charge is -1.92. The van der Waals surface area contributed by atoms with Gasteiger partial charge < -0.3 is 0 Å². The van der Waals surface area contributed by atoms with Gasteiger partial charge in [0, 0.05) is 0 Å². The average molecular weight is 116 g/mol. The van der Waals surface area contributed by atoms with Gasteiger partial charge in [-0.15, -0.1) is 0 Å². The van der Waals surface area contributed by atoms with Gasteiger partial charge in [-0.2, -0.15) is 5.11 Å². The van der Waals surface area contributed by atoms with Crippen LogP contribution in [-0.4, -0.2) is 17.9 Å². The van der Waals surface area contributed by atoms with Crippen LogP contribution in [0.25, 0.3) is 0 Å². The highest BCUT2D eigenvalue weighted by molar-refractivity contribution is 4.52. The highest BCUT2D eigenvalue weighted by Crippen LogP contribution is 1.94. The van der Waals surface area contributed by atoms with Gasteiger partial charge in [0.05, 0.1) is 4.92 Å². The first-order valence-corrected chi connectivity index (χ1v) is 2.04. The first-order valence-electron chi connectivity index (χ1n) is 2.04. The summed E-state index contributed by atoms with van der Waals surface area (Å²) in [6, 6.07) is 0. The zero-order valence-electron chi connectivity index (χ0n) is 3.94. The minimum Gasteiger partial charge on any atom is -0.261 e. The van der Waals surface area contributed by atoms with Crippen LogP contribution < -0.4 is 5.32 Å². The average Bonchev–Trinajstić information content (AvgIpc) is 2.12. The molecule has 0 bridgehead atoms. The quantitative estimate of drug-likeness (QED) is 0.372. The summed E-state index contributed by atoms with van der Waals surface area (Å²) in [7, 11) is 0. The number of hydrogen-bond acceptors (Lipinski definition) is 5. The van der Waals surface area contributed by atoms with Crippen molar-refractivity contribution in [1.82, 2.24) is 5.32 Å². The van der Waals surface area contributed by atoms with Crippen LogP contribution in [-0.2, 0) is 0 Å². The van der Waals surface area contributed by atoms with Crippen molar-refractivity contribution in [2.24, 2.45) is 10.2 Å². The van der Waals surface area contributed by atoms with Crippen molar-refractivity contribution in [3.05, 3.63) is 10.1 Å². The number of nitrogens with zero attached hydrogens (tertiary/aromatic N) is 3. The zero-order chi connectivity index (χ0) is 5.98. The van der Waals surface area contributed by atoms with Crippen LogP contribution in [0.4, 0.5) is 0 Å². The van der Waals surface area contributed by atoms with E-state index in [4.69, 9.17) is 0 Å². The van der Waals surface area contributed by atoms with Crippen LogP contribution >= 0.6 is 0 Å². The van der Waals surface area contributed by atoms with Crippen LogP contribution in [0, 0.1) is 10.1 Å². The molecule has 1 rings (SSSR count). The minimum absolute atomic E-state index is 0.256. The maximum Gasteiger partial charge on any atom is 0.380 e. The molecule has 1 aliphatic rings. The molecule has 0 aliphatic carbocycles. The molecule has 1 aliphatic heterocycles. The van der Waals surface area contributed by atoms with E-state index in [0.717, 1.165) is 0 Å².